The Labute approximate surface area is 114 Å². The first-order chi connectivity index (χ1) is 9.20. The molecule has 0 fully saturated rings. The number of oxazole rings is 1. The van der Waals surface area contributed by atoms with Crippen LogP contribution in [0.25, 0.3) is 11.1 Å². The van der Waals surface area contributed by atoms with Crippen LogP contribution in [-0.2, 0) is 0 Å². The number of hydrogen-bond donors (Lipinski definition) is 2. The lowest BCUT2D eigenvalue weighted by molar-refractivity contribution is 0.0697. The molecule has 0 amide bonds. The molecule has 0 bridgehead atoms. The van der Waals surface area contributed by atoms with Crippen LogP contribution in [-0.4, -0.2) is 34.1 Å². The number of terminal acetylenes is 1. The quantitative estimate of drug-likeness (QED) is 0.623. The highest BCUT2D eigenvalue weighted by atomic mass is 32.2. The summed E-state index contributed by atoms with van der Waals surface area (Å²) in [5.41, 5.74) is 1.27. The van der Waals surface area contributed by atoms with E-state index in [1.54, 1.807) is 17.8 Å². The second-order valence-electron chi connectivity index (χ2n) is 3.69. The van der Waals surface area contributed by atoms with Crippen molar-refractivity contribution in [2.45, 2.75) is 0 Å². The second-order valence-corrected chi connectivity index (χ2v) is 4.80. The first-order valence-corrected chi connectivity index (χ1v) is 6.75. The number of carboxylic acid groups (broad SMARTS) is 1. The van der Waals surface area contributed by atoms with E-state index in [4.69, 9.17) is 15.9 Å². The monoisotopic (exact) mass is 276 g/mol. The van der Waals surface area contributed by atoms with Crippen molar-refractivity contribution in [3.63, 3.8) is 0 Å². The smallest absolute Gasteiger partial charge is 0.335 e. The first kappa shape index (κ1) is 13.3. The number of nitrogens with one attached hydrogen (secondary N) is 1. The van der Waals surface area contributed by atoms with E-state index in [-0.39, 0.29) is 5.56 Å². The van der Waals surface area contributed by atoms with Crippen molar-refractivity contribution in [1.29, 1.82) is 0 Å². The Balaban J connectivity index is 2.01. The Kier molecular flexibility index (Phi) is 4.31. The van der Waals surface area contributed by atoms with Crippen LogP contribution in [0.4, 0.5) is 6.01 Å². The summed E-state index contributed by atoms with van der Waals surface area (Å²) in [6.45, 7) is 0.685. The maximum atomic E-state index is 10.8. The summed E-state index contributed by atoms with van der Waals surface area (Å²) in [7, 11) is 0. The second kappa shape index (κ2) is 6.16. The molecular formula is C13H12N2O3S. The maximum absolute atomic E-state index is 10.8. The van der Waals surface area contributed by atoms with Crippen LogP contribution in [0.5, 0.6) is 0 Å². The van der Waals surface area contributed by atoms with Gasteiger partial charge in [0.15, 0.2) is 5.58 Å². The molecule has 0 aliphatic heterocycles. The first-order valence-electron chi connectivity index (χ1n) is 5.59. The highest BCUT2D eigenvalue weighted by Crippen LogP contribution is 2.20. The summed E-state index contributed by atoms with van der Waals surface area (Å²) in [5, 5.41) is 11.9. The van der Waals surface area contributed by atoms with Crippen LogP contribution in [0.1, 0.15) is 10.4 Å². The van der Waals surface area contributed by atoms with Gasteiger partial charge in [-0.1, -0.05) is 5.92 Å². The summed E-state index contributed by atoms with van der Waals surface area (Å²) >= 11 is 1.64. The molecule has 0 aliphatic rings. The molecule has 2 aromatic rings. The molecule has 5 nitrogen and oxygen atoms in total. The van der Waals surface area contributed by atoms with Gasteiger partial charge < -0.3 is 14.8 Å². The SMILES string of the molecule is C#CCSCCNc1nc2ccc(C(=O)O)cc2o1. The standard InChI is InChI=1S/C13H12N2O3S/c1-2-6-19-7-5-14-13-15-10-4-3-9(12(16)17)8-11(10)18-13/h1,3-4,8H,5-7H2,(H,14,15)(H,16,17). The predicted molar refractivity (Wildman–Crippen MR) is 75.6 cm³/mol. The van der Waals surface area contributed by atoms with E-state index in [9.17, 15) is 4.79 Å². The van der Waals surface area contributed by atoms with Crippen molar-refractivity contribution in [2.24, 2.45) is 0 Å². The summed E-state index contributed by atoms with van der Waals surface area (Å²) in [6, 6.07) is 4.97. The zero-order valence-electron chi connectivity index (χ0n) is 10.0. The van der Waals surface area contributed by atoms with E-state index in [2.05, 4.69) is 16.2 Å². The van der Waals surface area contributed by atoms with Crippen molar-refractivity contribution in [1.82, 2.24) is 4.98 Å². The van der Waals surface area contributed by atoms with Crippen LogP contribution >= 0.6 is 11.8 Å². The average Bonchev–Trinajstić information content (AvgIpc) is 2.80. The Morgan fingerprint density at radius 3 is 3.16 bits per heavy atom. The van der Waals surface area contributed by atoms with Gasteiger partial charge in [-0.3, -0.25) is 0 Å². The molecule has 2 N–H and O–H groups in total. The molecule has 0 radical (unpaired) electrons. The molecule has 0 saturated heterocycles. The minimum absolute atomic E-state index is 0.180. The van der Waals surface area contributed by atoms with Crippen LogP contribution in [0.3, 0.4) is 0 Å². The van der Waals surface area contributed by atoms with E-state index in [1.807, 2.05) is 0 Å². The third kappa shape index (κ3) is 3.42. The van der Waals surface area contributed by atoms with Crippen molar-refractivity contribution in [3.8, 4) is 12.3 Å². The predicted octanol–water partition coefficient (Wildman–Crippen LogP) is 2.30. The van der Waals surface area contributed by atoms with Crippen LogP contribution in [0, 0.1) is 12.3 Å². The van der Waals surface area contributed by atoms with Crippen LogP contribution < -0.4 is 5.32 Å². The van der Waals surface area contributed by atoms with E-state index in [0.717, 1.165) is 5.75 Å². The minimum Gasteiger partial charge on any atom is -0.478 e. The fraction of sp³-hybridized carbons (Fsp3) is 0.231. The highest BCUT2D eigenvalue weighted by Gasteiger charge is 2.09. The molecule has 19 heavy (non-hydrogen) atoms. The fourth-order valence-corrected chi connectivity index (χ4v) is 2.00. The number of benzene rings is 1. The van der Waals surface area contributed by atoms with Gasteiger partial charge in [0.25, 0.3) is 6.01 Å². The zero-order valence-corrected chi connectivity index (χ0v) is 10.9. The number of carbonyl (C=O) groups is 1. The molecule has 1 aromatic carbocycles. The van der Waals surface area contributed by atoms with Gasteiger partial charge in [0.1, 0.15) is 5.52 Å². The number of thioether (sulfide) groups is 1. The Morgan fingerprint density at radius 1 is 1.58 bits per heavy atom. The lowest BCUT2D eigenvalue weighted by atomic mass is 10.2. The molecule has 2 rings (SSSR count). The number of hydrogen-bond acceptors (Lipinski definition) is 5. The van der Waals surface area contributed by atoms with Gasteiger partial charge in [-0.15, -0.1) is 18.2 Å². The topological polar surface area (TPSA) is 75.4 Å². The van der Waals surface area contributed by atoms with Crippen LogP contribution in [0.2, 0.25) is 0 Å². The summed E-state index contributed by atoms with van der Waals surface area (Å²) in [6.07, 6.45) is 5.14. The maximum Gasteiger partial charge on any atom is 0.335 e. The fourth-order valence-electron chi connectivity index (χ4n) is 1.49. The molecule has 1 aromatic heterocycles. The lowest BCUT2D eigenvalue weighted by Gasteiger charge is -1.98. The van der Waals surface area contributed by atoms with E-state index in [0.29, 0.717) is 29.4 Å². The molecule has 1 heterocycles. The number of aromatic nitrogens is 1. The average molecular weight is 276 g/mol. The summed E-state index contributed by atoms with van der Waals surface area (Å²) < 4.78 is 5.43. The third-order valence-electron chi connectivity index (χ3n) is 2.34. The summed E-state index contributed by atoms with van der Waals surface area (Å²) in [5.74, 6) is 3.09. The van der Waals surface area contributed by atoms with Gasteiger partial charge >= 0.3 is 5.97 Å². The molecule has 0 spiro atoms. The Bertz CT molecular complexity index is 630. The van der Waals surface area contributed by atoms with E-state index < -0.39 is 5.97 Å². The van der Waals surface area contributed by atoms with Crippen molar-refractivity contribution in [3.05, 3.63) is 23.8 Å². The Hall–Kier alpha value is -2.13. The lowest BCUT2D eigenvalue weighted by Crippen LogP contribution is -2.04. The van der Waals surface area contributed by atoms with Crippen molar-refractivity contribution >= 4 is 34.8 Å². The Morgan fingerprint density at radius 2 is 2.42 bits per heavy atom. The molecule has 0 aliphatic carbocycles. The van der Waals surface area contributed by atoms with Gasteiger partial charge in [-0.05, 0) is 18.2 Å². The van der Waals surface area contributed by atoms with Gasteiger partial charge in [-0.25, -0.2) is 4.79 Å². The summed E-state index contributed by atoms with van der Waals surface area (Å²) in [4.78, 5) is 15.0. The van der Waals surface area contributed by atoms with Gasteiger partial charge in [0.2, 0.25) is 0 Å². The van der Waals surface area contributed by atoms with Crippen molar-refractivity contribution < 1.29 is 14.3 Å². The van der Waals surface area contributed by atoms with Crippen LogP contribution in [0.15, 0.2) is 22.6 Å². The highest BCUT2D eigenvalue weighted by molar-refractivity contribution is 7.99. The number of nitrogens with zero attached hydrogens (tertiary/aromatic N) is 1. The number of rotatable bonds is 6. The van der Waals surface area contributed by atoms with Crippen molar-refractivity contribution in [2.75, 3.05) is 23.4 Å². The number of aromatic carboxylic acids is 1. The van der Waals surface area contributed by atoms with Gasteiger partial charge in [0, 0.05) is 12.3 Å². The van der Waals surface area contributed by atoms with Gasteiger partial charge in [-0.2, -0.15) is 4.98 Å². The van der Waals surface area contributed by atoms with Gasteiger partial charge in [0.05, 0.1) is 11.3 Å². The third-order valence-corrected chi connectivity index (χ3v) is 3.21. The molecular weight excluding hydrogens is 264 g/mol. The zero-order chi connectivity index (χ0) is 13.7. The molecule has 98 valence electrons. The molecule has 0 atom stereocenters. The number of fused-ring (bicyclic) bond motifs is 1. The largest absolute Gasteiger partial charge is 0.478 e. The molecule has 0 unspecified atom stereocenters. The molecule has 0 saturated carbocycles. The minimum atomic E-state index is -0.988. The normalized spacial score (nSPS) is 10.3. The molecule has 6 heteroatoms. The number of carboxylic acids is 1. The number of anilines is 1. The van der Waals surface area contributed by atoms with E-state index >= 15 is 0 Å². The van der Waals surface area contributed by atoms with E-state index in [1.165, 1.54) is 12.1 Å².